The maximum atomic E-state index is 9.42. The molecule has 0 saturated heterocycles. The molecule has 0 aliphatic rings. The van der Waals surface area contributed by atoms with Gasteiger partial charge in [-0.2, -0.15) is 0 Å². The van der Waals surface area contributed by atoms with Gasteiger partial charge in [0.15, 0.2) is 0 Å². The molecule has 0 aliphatic carbocycles. The zero-order chi connectivity index (χ0) is 13.0. The first-order chi connectivity index (χ1) is 8.66. The Morgan fingerprint density at radius 3 is 2.83 bits per heavy atom. The first kappa shape index (κ1) is 13.1. The van der Waals surface area contributed by atoms with E-state index < -0.39 is 0 Å². The molecule has 0 amide bonds. The van der Waals surface area contributed by atoms with Gasteiger partial charge in [-0.15, -0.1) is 0 Å². The van der Waals surface area contributed by atoms with Crippen LogP contribution in [0.3, 0.4) is 0 Å². The minimum absolute atomic E-state index is 0.193. The predicted molar refractivity (Wildman–Crippen MR) is 75.3 cm³/mol. The molecule has 0 spiro atoms. The number of nitrogens with zero attached hydrogens (tertiary/aromatic N) is 1. The zero-order valence-electron chi connectivity index (χ0n) is 10.1. The van der Waals surface area contributed by atoms with Crippen LogP contribution in [0, 0.1) is 0 Å². The lowest BCUT2D eigenvalue weighted by Crippen LogP contribution is -2.18. The molecule has 94 valence electrons. The van der Waals surface area contributed by atoms with Gasteiger partial charge in [-0.05, 0) is 52.7 Å². The fourth-order valence-electron chi connectivity index (χ4n) is 1.67. The van der Waals surface area contributed by atoms with Gasteiger partial charge in [-0.1, -0.05) is 12.1 Å². The van der Waals surface area contributed by atoms with Crippen molar-refractivity contribution < 1.29 is 5.11 Å². The topological polar surface area (TPSA) is 45.1 Å². The van der Waals surface area contributed by atoms with Crippen molar-refractivity contribution in [3.05, 3.63) is 58.3 Å². The highest BCUT2D eigenvalue weighted by atomic mass is 79.9. The average molecular weight is 307 g/mol. The number of hydrogen-bond acceptors (Lipinski definition) is 3. The van der Waals surface area contributed by atoms with E-state index in [-0.39, 0.29) is 11.8 Å². The van der Waals surface area contributed by atoms with E-state index in [1.54, 1.807) is 12.3 Å². The van der Waals surface area contributed by atoms with Gasteiger partial charge in [-0.3, -0.25) is 4.98 Å². The van der Waals surface area contributed by atoms with Gasteiger partial charge in [0.25, 0.3) is 0 Å². The second kappa shape index (κ2) is 5.98. The molecule has 0 fully saturated rings. The number of aromatic nitrogens is 1. The summed E-state index contributed by atoms with van der Waals surface area (Å²) in [4.78, 5) is 4.31. The van der Waals surface area contributed by atoms with E-state index in [9.17, 15) is 5.11 Å². The van der Waals surface area contributed by atoms with Crippen molar-refractivity contribution in [2.45, 2.75) is 19.5 Å². The van der Waals surface area contributed by atoms with Crippen molar-refractivity contribution >= 4 is 15.9 Å². The Labute approximate surface area is 115 Å². The summed E-state index contributed by atoms with van der Waals surface area (Å²) in [5.41, 5.74) is 2.14. The lowest BCUT2D eigenvalue weighted by atomic mass is 10.1. The number of phenols is 1. The first-order valence-electron chi connectivity index (χ1n) is 5.78. The van der Waals surface area contributed by atoms with E-state index in [0.29, 0.717) is 4.47 Å². The van der Waals surface area contributed by atoms with Crippen LogP contribution in [-0.2, 0) is 6.54 Å². The van der Waals surface area contributed by atoms with Gasteiger partial charge < -0.3 is 10.4 Å². The molecule has 0 aliphatic heterocycles. The number of pyridine rings is 1. The number of halogens is 1. The Hall–Kier alpha value is -1.39. The molecule has 18 heavy (non-hydrogen) atoms. The zero-order valence-corrected chi connectivity index (χ0v) is 11.7. The molecule has 3 nitrogen and oxygen atoms in total. The third kappa shape index (κ3) is 3.31. The smallest absolute Gasteiger partial charge is 0.129 e. The van der Waals surface area contributed by atoms with Crippen LogP contribution in [0.25, 0.3) is 0 Å². The van der Waals surface area contributed by atoms with E-state index in [1.807, 2.05) is 30.3 Å². The number of rotatable bonds is 4. The highest BCUT2D eigenvalue weighted by Gasteiger charge is 2.06. The van der Waals surface area contributed by atoms with Crippen LogP contribution >= 0.6 is 15.9 Å². The molecule has 2 rings (SSSR count). The van der Waals surface area contributed by atoms with Crippen LogP contribution in [0.1, 0.15) is 24.2 Å². The van der Waals surface area contributed by atoms with E-state index in [0.717, 1.165) is 17.8 Å². The summed E-state index contributed by atoms with van der Waals surface area (Å²) in [7, 11) is 0. The van der Waals surface area contributed by atoms with E-state index in [1.165, 1.54) is 0 Å². The molecule has 1 aromatic heterocycles. The largest absolute Gasteiger partial charge is 0.507 e. The molecule has 0 saturated carbocycles. The highest BCUT2D eigenvalue weighted by molar-refractivity contribution is 9.10. The van der Waals surface area contributed by atoms with Gasteiger partial charge >= 0.3 is 0 Å². The minimum Gasteiger partial charge on any atom is -0.507 e. The Balaban J connectivity index is 1.97. The summed E-state index contributed by atoms with van der Waals surface area (Å²) in [6.07, 6.45) is 1.80. The Kier molecular flexibility index (Phi) is 4.33. The molecule has 1 heterocycles. The summed E-state index contributed by atoms with van der Waals surface area (Å²) in [5.74, 6) is 0.261. The molecular formula is C14H15BrN2O. The number of nitrogens with one attached hydrogen (secondary N) is 1. The molecule has 0 radical (unpaired) electrons. The summed E-state index contributed by atoms with van der Waals surface area (Å²) in [6, 6.07) is 11.6. The minimum atomic E-state index is 0.193. The Morgan fingerprint density at radius 2 is 2.17 bits per heavy atom. The third-order valence-electron chi connectivity index (χ3n) is 2.76. The summed E-state index contributed by atoms with van der Waals surface area (Å²) in [5, 5.41) is 12.8. The van der Waals surface area contributed by atoms with E-state index >= 15 is 0 Å². The predicted octanol–water partition coefficient (Wildman–Crippen LogP) is 3.40. The maximum absolute atomic E-state index is 9.42. The number of phenolic OH excluding ortho intramolecular Hbond substituents is 1. The number of aromatic hydroxyl groups is 1. The first-order valence-corrected chi connectivity index (χ1v) is 6.58. The van der Waals surface area contributed by atoms with Crippen molar-refractivity contribution in [2.75, 3.05) is 0 Å². The number of benzene rings is 1. The summed E-state index contributed by atoms with van der Waals surface area (Å²) in [6.45, 7) is 2.81. The molecule has 2 N–H and O–H groups in total. The van der Waals surface area contributed by atoms with Crippen LogP contribution in [0.15, 0.2) is 47.1 Å². The van der Waals surface area contributed by atoms with Gasteiger partial charge in [0.2, 0.25) is 0 Å². The van der Waals surface area contributed by atoms with Crippen molar-refractivity contribution in [2.24, 2.45) is 0 Å². The summed E-state index contributed by atoms with van der Waals surface area (Å²) >= 11 is 3.31. The quantitative estimate of drug-likeness (QED) is 0.910. The fraction of sp³-hybridized carbons (Fsp3) is 0.214. The lowest BCUT2D eigenvalue weighted by molar-refractivity contribution is 0.471. The third-order valence-corrected chi connectivity index (χ3v) is 3.39. The molecule has 1 aromatic carbocycles. The fourth-order valence-corrected chi connectivity index (χ4v) is 2.09. The van der Waals surface area contributed by atoms with Gasteiger partial charge in [-0.25, -0.2) is 0 Å². The van der Waals surface area contributed by atoms with Gasteiger partial charge in [0.1, 0.15) is 5.75 Å². The van der Waals surface area contributed by atoms with Crippen LogP contribution in [-0.4, -0.2) is 10.1 Å². The lowest BCUT2D eigenvalue weighted by Gasteiger charge is -2.13. The monoisotopic (exact) mass is 306 g/mol. The maximum Gasteiger partial charge on any atom is 0.129 e. The molecule has 0 bridgehead atoms. The number of hydrogen-bond donors (Lipinski definition) is 2. The second-order valence-corrected chi connectivity index (χ2v) is 5.00. The van der Waals surface area contributed by atoms with Gasteiger partial charge in [0, 0.05) is 18.8 Å². The molecular weight excluding hydrogens is 292 g/mol. The average Bonchev–Trinajstić information content (AvgIpc) is 2.41. The molecule has 2 aromatic rings. The molecule has 4 heteroatoms. The van der Waals surface area contributed by atoms with Crippen molar-refractivity contribution in [3.63, 3.8) is 0 Å². The Morgan fingerprint density at radius 1 is 1.33 bits per heavy atom. The second-order valence-electron chi connectivity index (χ2n) is 4.14. The van der Waals surface area contributed by atoms with Crippen molar-refractivity contribution in [1.29, 1.82) is 0 Å². The van der Waals surface area contributed by atoms with E-state index in [2.05, 4.69) is 33.2 Å². The van der Waals surface area contributed by atoms with E-state index in [4.69, 9.17) is 0 Å². The van der Waals surface area contributed by atoms with Crippen LogP contribution in [0.4, 0.5) is 0 Å². The SMILES string of the molecule is C[C@@H](NCc1ccc(O)c(Br)c1)c1ccccn1. The normalized spacial score (nSPS) is 12.3. The standard InChI is InChI=1S/C14H15BrN2O/c1-10(13-4-2-3-7-16-13)17-9-11-5-6-14(18)12(15)8-11/h2-8,10,17-18H,9H2,1H3/t10-/m1/s1. The van der Waals surface area contributed by atoms with Gasteiger partial charge in [0.05, 0.1) is 10.2 Å². The van der Waals surface area contributed by atoms with Crippen molar-refractivity contribution in [1.82, 2.24) is 10.3 Å². The molecule has 0 unspecified atom stereocenters. The Bertz CT molecular complexity index is 516. The highest BCUT2D eigenvalue weighted by Crippen LogP contribution is 2.24. The van der Waals surface area contributed by atoms with Crippen molar-refractivity contribution in [3.8, 4) is 5.75 Å². The van der Waals surface area contributed by atoms with Crippen LogP contribution in [0.5, 0.6) is 5.75 Å². The molecule has 1 atom stereocenters. The van der Waals surface area contributed by atoms with Crippen LogP contribution in [0.2, 0.25) is 0 Å². The summed E-state index contributed by atoms with van der Waals surface area (Å²) < 4.78 is 0.715. The van der Waals surface area contributed by atoms with Crippen LogP contribution < -0.4 is 5.32 Å².